The maximum atomic E-state index is 13.3. The molecule has 4 rings (SSSR count). The van der Waals surface area contributed by atoms with Gasteiger partial charge in [0.15, 0.2) is 0 Å². The molecule has 2 N–H and O–H groups in total. The van der Waals surface area contributed by atoms with Crippen LogP contribution in [0.3, 0.4) is 0 Å². The summed E-state index contributed by atoms with van der Waals surface area (Å²) in [6.45, 7) is 4.30. The third kappa shape index (κ3) is 4.77. The molecule has 0 spiro atoms. The van der Waals surface area contributed by atoms with Crippen molar-refractivity contribution in [3.63, 3.8) is 0 Å². The number of carbonyl (C=O) groups is 2. The molecule has 9 heteroatoms. The van der Waals surface area contributed by atoms with Gasteiger partial charge in [-0.2, -0.15) is 0 Å². The van der Waals surface area contributed by atoms with Crippen molar-refractivity contribution in [3.05, 3.63) is 79.3 Å². The standard InChI is InChI=1S/C26H27N3O5S/c1-15(2)14-29-25-22(24(33)28(3)26(29)34)21(23(32)27-12-11-20(30)31)19(35-25)13-17-9-6-8-16-7-4-5-10-18(16)17/h4-10,15H,11-14H2,1-3H3,(H,27,32)(H,30,31). The Morgan fingerprint density at radius 1 is 1.09 bits per heavy atom. The lowest BCUT2D eigenvalue weighted by atomic mass is 9.99. The maximum Gasteiger partial charge on any atom is 0.331 e. The highest BCUT2D eigenvalue weighted by Gasteiger charge is 2.26. The van der Waals surface area contributed by atoms with Crippen molar-refractivity contribution in [2.45, 2.75) is 33.2 Å². The number of benzene rings is 2. The van der Waals surface area contributed by atoms with Gasteiger partial charge in [-0.25, -0.2) is 4.79 Å². The van der Waals surface area contributed by atoms with Crippen molar-refractivity contribution in [3.8, 4) is 0 Å². The minimum Gasteiger partial charge on any atom is -0.481 e. The van der Waals surface area contributed by atoms with Crippen LogP contribution in [0.2, 0.25) is 0 Å². The fourth-order valence-electron chi connectivity index (χ4n) is 4.26. The molecule has 2 aromatic carbocycles. The van der Waals surface area contributed by atoms with E-state index in [0.717, 1.165) is 20.9 Å². The molecule has 0 saturated heterocycles. The number of hydrogen-bond donors (Lipinski definition) is 2. The Kier molecular flexibility index (Phi) is 6.88. The Labute approximate surface area is 205 Å². The van der Waals surface area contributed by atoms with Gasteiger partial charge in [-0.1, -0.05) is 56.3 Å². The van der Waals surface area contributed by atoms with Gasteiger partial charge >= 0.3 is 11.7 Å². The first-order chi connectivity index (χ1) is 16.7. The summed E-state index contributed by atoms with van der Waals surface area (Å²) in [6.07, 6.45) is 0.157. The van der Waals surface area contributed by atoms with Gasteiger partial charge in [0.25, 0.3) is 11.5 Å². The number of fused-ring (bicyclic) bond motifs is 2. The van der Waals surface area contributed by atoms with Crippen LogP contribution in [0.1, 0.15) is 41.1 Å². The summed E-state index contributed by atoms with van der Waals surface area (Å²) in [6, 6.07) is 13.9. The summed E-state index contributed by atoms with van der Waals surface area (Å²) in [5.41, 5.74) is 0.242. The first kappa shape index (κ1) is 24.4. The number of aromatic nitrogens is 2. The van der Waals surface area contributed by atoms with Gasteiger partial charge in [-0.3, -0.25) is 23.5 Å². The van der Waals surface area contributed by atoms with Crippen molar-refractivity contribution in [2.75, 3.05) is 6.54 Å². The minimum absolute atomic E-state index is 0.0643. The number of nitrogens with zero attached hydrogens (tertiary/aromatic N) is 2. The van der Waals surface area contributed by atoms with Crippen molar-refractivity contribution in [2.24, 2.45) is 13.0 Å². The number of hydrogen-bond acceptors (Lipinski definition) is 5. The van der Waals surface area contributed by atoms with Crippen LogP contribution in [0.15, 0.2) is 52.1 Å². The summed E-state index contributed by atoms with van der Waals surface area (Å²) < 4.78 is 2.60. The topological polar surface area (TPSA) is 110 Å². The molecule has 2 heterocycles. The molecule has 35 heavy (non-hydrogen) atoms. The summed E-state index contributed by atoms with van der Waals surface area (Å²) in [5, 5.41) is 13.9. The van der Waals surface area contributed by atoms with Gasteiger partial charge in [0.2, 0.25) is 0 Å². The minimum atomic E-state index is -1.03. The van der Waals surface area contributed by atoms with E-state index in [1.54, 1.807) is 4.57 Å². The molecular weight excluding hydrogens is 466 g/mol. The molecule has 2 aromatic heterocycles. The van der Waals surface area contributed by atoms with Gasteiger partial charge in [-0.05, 0) is 22.3 Å². The molecule has 8 nitrogen and oxygen atoms in total. The average Bonchev–Trinajstić information content (AvgIpc) is 3.19. The van der Waals surface area contributed by atoms with Crippen LogP contribution >= 0.6 is 11.3 Å². The molecule has 0 bridgehead atoms. The van der Waals surface area contributed by atoms with Crippen LogP contribution in [0, 0.1) is 5.92 Å². The molecule has 0 unspecified atom stereocenters. The second-order valence-corrected chi connectivity index (χ2v) is 10.0. The number of thiophene rings is 1. The van der Waals surface area contributed by atoms with E-state index in [0.29, 0.717) is 22.7 Å². The maximum absolute atomic E-state index is 13.3. The largest absolute Gasteiger partial charge is 0.481 e. The number of nitrogens with one attached hydrogen (secondary N) is 1. The molecule has 0 radical (unpaired) electrons. The van der Waals surface area contributed by atoms with Gasteiger partial charge in [0, 0.05) is 31.4 Å². The van der Waals surface area contributed by atoms with Crippen molar-refractivity contribution >= 4 is 44.2 Å². The lowest BCUT2D eigenvalue weighted by Crippen LogP contribution is -2.39. The number of amides is 1. The van der Waals surface area contributed by atoms with Crippen molar-refractivity contribution in [1.29, 1.82) is 0 Å². The third-order valence-corrected chi connectivity index (χ3v) is 7.09. The summed E-state index contributed by atoms with van der Waals surface area (Å²) in [7, 11) is 1.41. The van der Waals surface area contributed by atoms with Crippen LogP contribution < -0.4 is 16.6 Å². The van der Waals surface area contributed by atoms with E-state index in [1.807, 2.05) is 56.3 Å². The van der Waals surface area contributed by atoms with Crippen molar-refractivity contribution < 1.29 is 14.7 Å². The predicted octanol–water partition coefficient (Wildman–Crippen LogP) is 3.37. The van der Waals surface area contributed by atoms with E-state index in [2.05, 4.69) is 5.32 Å². The number of rotatable bonds is 8. The quantitative estimate of drug-likeness (QED) is 0.391. The van der Waals surface area contributed by atoms with E-state index in [-0.39, 0.29) is 29.8 Å². The Hall–Kier alpha value is -3.72. The molecule has 0 aliphatic heterocycles. The SMILES string of the molecule is CC(C)Cn1c(=O)n(C)c(=O)c2c(C(=O)NCCC(=O)O)c(Cc3cccc4ccccc34)sc21. The second kappa shape index (κ2) is 9.87. The molecule has 1 amide bonds. The third-order valence-electron chi connectivity index (χ3n) is 5.87. The van der Waals surface area contributed by atoms with E-state index >= 15 is 0 Å². The van der Waals surface area contributed by atoms with E-state index in [4.69, 9.17) is 5.11 Å². The first-order valence-corrected chi connectivity index (χ1v) is 12.2. The number of carboxylic acids is 1. The number of aliphatic carboxylic acids is 1. The molecule has 0 aliphatic carbocycles. The fraction of sp³-hybridized carbons (Fsp3) is 0.308. The molecule has 182 valence electrons. The van der Waals surface area contributed by atoms with E-state index in [1.165, 1.54) is 18.4 Å². The highest BCUT2D eigenvalue weighted by molar-refractivity contribution is 7.19. The monoisotopic (exact) mass is 493 g/mol. The zero-order chi connectivity index (χ0) is 25.3. The van der Waals surface area contributed by atoms with Crippen LogP contribution in [-0.2, 0) is 24.8 Å². The molecule has 0 aliphatic rings. The Bertz CT molecular complexity index is 1560. The fourth-order valence-corrected chi connectivity index (χ4v) is 5.57. The normalized spacial score (nSPS) is 11.4. The van der Waals surface area contributed by atoms with Crippen LogP contribution in [-0.4, -0.2) is 32.7 Å². The molecule has 0 fully saturated rings. The lowest BCUT2D eigenvalue weighted by molar-refractivity contribution is -0.136. The van der Waals surface area contributed by atoms with Gasteiger partial charge < -0.3 is 10.4 Å². The highest BCUT2D eigenvalue weighted by Crippen LogP contribution is 2.32. The van der Waals surface area contributed by atoms with Crippen LogP contribution in [0.4, 0.5) is 0 Å². The zero-order valence-electron chi connectivity index (χ0n) is 19.8. The van der Waals surface area contributed by atoms with Crippen LogP contribution in [0.5, 0.6) is 0 Å². The zero-order valence-corrected chi connectivity index (χ0v) is 20.6. The predicted molar refractivity (Wildman–Crippen MR) is 138 cm³/mol. The average molecular weight is 494 g/mol. The molecule has 0 saturated carbocycles. The summed E-state index contributed by atoms with van der Waals surface area (Å²) in [5.74, 6) is -1.40. The molecular formula is C26H27N3O5S. The highest BCUT2D eigenvalue weighted by atomic mass is 32.1. The van der Waals surface area contributed by atoms with E-state index < -0.39 is 23.1 Å². The smallest absolute Gasteiger partial charge is 0.331 e. The van der Waals surface area contributed by atoms with Crippen LogP contribution in [0.25, 0.3) is 21.0 Å². The number of carboxylic acid groups (broad SMARTS) is 1. The Morgan fingerprint density at radius 2 is 1.80 bits per heavy atom. The Balaban J connectivity index is 1.95. The van der Waals surface area contributed by atoms with Gasteiger partial charge in [0.1, 0.15) is 4.83 Å². The molecule has 0 atom stereocenters. The second-order valence-electron chi connectivity index (χ2n) is 8.95. The Morgan fingerprint density at radius 3 is 2.51 bits per heavy atom. The number of carbonyl (C=O) groups excluding carboxylic acids is 1. The van der Waals surface area contributed by atoms with Gasteiger partial charge in [0.05, 0.1) is 17.4 Å². The first-order valence-electron chi connectivity index (χ1n) is 11.4. The van der Waals surface area contributed by atoms with Crippen molar-refractivity contribution in [1.82, 2.24) is 14.5 Å². The summed E-state index contributed by atoms with van der Waals surface area (Å²) >= 11 is 1.27. The van der Waals surface area contributed by atoms with Gasteiger partial charge in [-0.15, -0.1) is 11.3 Å². The summed E-state index contributed by atoms with van der Waals surface area (Å²) in [4.78, 5) is 51.6. The lowest BCUT2D eigenvalue weighted by Gasteiger charge is -2.12. The molecule has 4 aromatic rings. The van der Waals surface area contributed by atoms with E-state index in [9.17, 15) is 19.2 Å².